The van der Waals surface area contributed by atoms with E-state index >= 15 is 0 Å². The van der Waals surface area contributed by atoms with Crippen LogP contribution >= 0.6 is 7.82 Å². The van der Waals surface area contributed by atoms with Crippen molar-refractivity contribution in [3.63, 3.8) is 0 Å². The standard InChI is InChI=1S/C50H99O8P/c1-3-5-7-9-11-13-15-17-19-21-23-25-27-28-30-32-34-36-38-40-42-44-49(51)56-46-48(47-57-59(53,54)55)58-50(52)45-43-41-39-37-35-33-31-29-26-24-22-20-18-16-14-12-10-8-6-4-2/h48H,3-47H2,1-2H3,(H2,53,54,55)/t48-/m1/s1. The molecular formula is C50H99O8P. The topological polar surface area (TPSA) is 119 Å². The van der Waals surface area contributed by atoms with Gasteiger partial charge in [-0.2, -0.15) is 0 Å². The minimum absolute atomic E-state index is 0.221. The lowest BCUT2D eigenvalue weighted by molar-refractivity contribution is -0.161. The maximum atomic E-state index is 12.5. The van der Waals surface area contributed by atoms with Crippen LogP contribution in [0.2, 0.25) is 0 Å². The van der Waals surface area contributed by atoms with Gasteiger partial charge in [0.2, 0.25) is 0 Å². The highest BCUT2D eigenvalue weighted by atomic mass is 31.2. The van der Waals surface area contributed by atoms with E-state index in [1.54, 1.807) is 0 Å². The molecule has 1 atom stereocenters. The molecule has 0 heterocycles. The first-order chi connectivity index (χ1) is 28.8. The zero-order valence-corrected chi connectivity index (χ0v) is 40.1. The molecule has 2 N–H and O–H groups in total. The highest BCUT2D eigenvalue weighted by Crippen LogP contribution is 2.36. The number of phosphoric acid groups is 1. The summed E-state index contributed by atoms with van der Waals surface area (Å²) in [6.45, 7) is 3.76. The van der Waals surface area contributed by atoms with Gasteiger partial charge in [-0.1, -0.05) is 264 Å². The van der Waals surface area contributed by atoms with Crippen molar-refractivity contribution in [1.29, 1.82) is 0 Å². The third-order valence-electron chi connectivity index (χ3n) is 11.9. The van der Waals surface area contributed by atoms with Crippen LogP contribution in [0.25, 0.3) is 0 Å². The van der Waals surface area contributed by atoms with Gasteiger partial charge < -0.3 is 19.3 Å². The van der Waals surface area contributed by atoms with Crippen molar-refractivity contribution in [1.82, 2.24) is 0 Å². The van der Waals surface area contributed by atoms with E-state index in [4.69, 9.17) is 19.3 Å². The Balaban J connectivity index is 3.75. The Labute approximate surface area is 365 Å². The van der Waals surface area contributed by atoms with Gasteiger partial charge in [-0.15, -0.1) is 0 Å². The second-order valence-electron chi connectivity index (χ2n) is 17.9. The van der Waals surface area contributed by atoms with Gasteiger partial charge in [0.15, 0.2) is 6.10 Å². The summed E-state index contributed by atoms with van der Waals surface area (Å²) in [5, 5.41) is 0. The minimum Gasteiger partial charge on any atom is -0.462 e. The van der Waals surface area contributed by atoms with E-state index in [0.29, 0.717) is 6.42 Å². The van der Waals surface area contributed by atoms with Crippen molar-refractivity contribution in [2.75, 3.05) is 13.2 Å². The number of ether oxygens (including phenoxy) is 2. The fourth-order valence-corrected chi connectivity index (χ4v) is 8.39. The number of rotatable bonds is 49. The normalized spacial score (nSPS) is 12.3. The Bertz CT molecular complexity index is 925. The molecule has 352 valence electrons. The summed E-state index contributed by atoms with van der Waals surface area (Å²) < 4.78 is 26.6. The van der Waals surface area contributed by atoms with Crippen molar-refractivity contribution in [3.05, 3.63) is 0 Å². The van der Waals surface area contributed by atoms with Gasteiger partial charge in [0.1, 0.15) is 6.61 Å². The molecule has 59 heavy (non-hydrogen) atoms. The largest absolute Gasteiger partial charge is 0.469 e. The summed E-state index contributed by atoms with van der Waals surface area (Å²) >= 11 is 0. The molecule has 0 spiro atoms. The zero-order valence-electron chi connectivity index (χ0n) is 39.2. The number of esters is 2. The average Bonchev–Trinajstić information content (AvgIpc) is 3.21. The second kappa shape index (κ2) is 46.6. The number of hydrogen-bond donors (Lipinski definition) is 2. The number of unbranched alkanes of at least 4 members (excludes halogenated alkanes) is 39. The number of carbonyl (C=O) groups is 2. The molecule has 0 fully saturated rings. The molecule has 9 heteroatoms. The fourth-order valence-electron chi connectivity index (χ4n) is 8.03. The van der Waals surface area contributed by atoms with Crippen molar-refractivity contribution in [3.8, 4) is 0 Å². The SMILES string of the molecule is CCCCCCCCCCCCCCCCCCCCCCCC(=O)OC[C@H](COP(=O)(O)O)OC(=O)CCCCCCCCCCCCCCCCCCCCCC. The molecule has 0 amide bonds. The molecule has 0 radical (unpaired) electrons. The summed E-state index contributed by atoms with van der Waals surface area (Å²) in [4.78, 5) is 43.1. The van der Waals surface area contributed by atoms with E-state index in [2.05, 4.69) is 18.4 Å². The van der Waals surface area contributed by atoms with Crippen LogP contribution in [0.4, 0.5) is 0 Å². The first-order valence-corrected chi connectivity index (χ1v) is 27.4. The van der Waals surface area contributed by atoms with Crippen LogP contribution in [0, 0.1) is 0 Å². The molecule has 0 saturated carbocycles. The maximum Gasteiger partial charge on any atom is 0.469 e. The van der Waals surface area contributed by atoms with E-state index in [9.17, 15) is 14.2 Å². The number of phosphoric ester groups is 1. The van der Waals surface area contributed by atoms with Crippen LogP contribution in [0.5, 0.6) is 0 Å². The molecule has 0 aliphatic rings. The molecule has 0 unspecified atom stereocenters. The lowest BCUT2D eigenvalue weighted by Gasteiger charge is -2.18. The van der Waals surface area contributed by atoms with Crippen LogP contribution in [0.1, 0.15) is 290 Å². The first kappa shape index (κ1) is 58.0. The number of carbonyl (C=O) groups excluding carboxylic acids is 2. The third-order valence-corrected chi connectivity index (χ3v) is 12.4. The van der Waals surface area contributed by atoms with Gasteiger partial charge in [-0.25, -0.2) is 4.57 Å². The van der Waals surface area contributed by atoms with Crippen LogP contribution in [-0.2, 0) is 28.2 Å². The Morgan fingerprint density at radius 3 is 0.864 bits per heavy atom. The minimum atomic E-state index is -4.75. The molecule has 0 rings (SSSR count). The summed E-state index contributed by atoms with van der Waals surface area (Å²) in [6, 6.07) is 0. The van der Waals surface area contributed by atoms with E-state index in [-0.39, 0.29) is 19.4 Å². The summed E-state index contributed by atoms with van der Waals surface area (Å²) in [6.07, 6.45) is 52.7. The lowest BCUT2D eigenvalue weighted by atomic mass is 10.0. The maximum absolute atomic E-state index is 12.5. The van der Waals surface area contributed by atoms with Gasteiger partial charge in [0, 0.05) is 12.8 Å². The van der Waals surface area contributed by atoms with E-state index < -0.39 is 32.5 Å². The zero-order chi connectivity index (χ0) is 43.2. The van der Waals surface area contributed by atoms with Gasteiger partial charge in [0.25, 0.3) is 0 Å². The average molecular weight is 859 g/mol. The highest BCUT2D eigenvalue weighted by Gasteiger charge is 2.23. The summed E-state index contributed by atoms with van der Waals surface area (Å²) in [5.74, 6) is -0.860. The molecule has 0 aliphatic heterocycles. The predicted octanol–water partition coefficient (Wildman–Crippen LogP) is 16.4. The molecule has 0 bridgehead atoms. The van der Waals surface area contributed by atoms with Crippen LogP contribution in [0.3, 0.4) is 0 Å². The monoisotopic (exact) mass is 859 g/mol. The van der Waals surface area contributed by atoms with Crippen molar-refractivity contribution in [2.24, 2.45) is 0 Å². The van der Waals surface area contributed by atoms with Crippen molar-refractivity contribution < 1.29 is 37.9 Å². The third kappa shape index (κ3) is 49.6. The van der Waals surface area contributed by atoms with E-state index in [0.717, 1.165) is 32.1 Å². The molecule has 0 saturated heterocycles. The van der Waals surface area contributed by atoms with E-state index in [1.807, 2.05) is 0 Å². The molecule has 0 aromatic carbocycles. The molecule has 0 aromatic rings. The Morgan fingerprint density at radius 2 is 0.610 bits per heavy atom. The van der Waals surface area contributed by atoms with Gasteiger partial charge >= 0.3 is 19.8 Å². The number of hydrogen-bond acceptors (Lipinski definition) is 6. The fraction of sp³-hybridized carbons (Fsp3) is 0.960. The summed E-state index contributed by atoms with van der Waals surface area (Å²) in [7, 11) is -4.75. The smallest absolute Gasteiger partial charge is 0.462 e. The Morgan fingerprint density at radius 1 is 0.373 bits per heavy atom. The van der Waals surface area contributed by atoms with E-state index in [1.165, 1.54) is 225 Å². The summed E-state index contributed by atoms with van der Waals surface area (Å²) in [5.41, 5.74) is 0. The first-order valence-electron chi connectivity index (χ1n) is 25.8. The Kier molecular flexibility index (Phi) is 45.8. The van der Waals surface area contributed by atoms with Crippen LogP contribution in [0.15, 0.2) is 0 Å². The van der Waals surface area contributed by atoms with Crippen molar-refractivity contribution >= 4 is 19.8 Å². The molecule has 0 aliphatic carbocycles. The lowest BCUT2D eigenvalue weighted by Crippen LogP contribution is -2.29. The Hall–Kier alpha value is -0.950. The molecule has 8 nitrogen and oxygen atoms in total. The van der Waals surface area contributed by atoms with Crippen molar-refractivity contribution in [2.45, 2.75) is 296 Å². The van der Waals surface area contributed by atoms with Gasteiger partial charge in [-0.3, -0.25) is 14.1 Å². The molecule has 0 aromatic heterocycles. The van der Waals surface area contributed by atoms with Gasteiger partial charge in [-0.05, 0) is 12.8 Å². The van der Waals surface area contributed by atoms with Crippen LogP contribution in [-0.4, -0.2) is 41.0 Å². The second-order valence-corrected chi connectivity index (χ2v) is 19.1. The highest BCUT2D eigenvalue weighted by molar-refractivity contribution is 7.46. The van der Waals surface area contributed by atoms with Crippen LogP contribution < -0.4 is 0 Å². The molecular weight excluding hydrogens is 760 g/mol. The predicted molar refractivity (Wildman–Crippen MR) is 249 cm³/mol. The van der Waals surface area contributed by atoms with Gasteiger partial charge in [0.05, 0.1) is 6.61 Å². The quantitative estimate of drug-likeness (QED) is 0.0353.